The molecule has 2 aliphatic rings. The molecule has 1 amide bonds. The van der Waals surface area contributed by atoms with Gasteiger partial charge in [0.05, 0.1) is 5.52 Å². The molecule has 0 unspecified atom stereocenters. The van der Waals surface area contributed by atoms with E-state index in [1.807, 2.05) is 12.1 Å². The fourth-order valence-corrected chi connectivity index (χ4v) is 3.97. The number of hydrogen-bond donors (Lipinski definition) is 3. The summed E-state index contributed by atoms with van der Waals surface area (Å²) in [5.41, 5.74) is 1.27. The topological polar surface area (TPSA) is 86.6 Å². The van der Waals surface area contributed by atoms with Gasteiger partial charge in [-0.25, -0.2) is 0 Å². The van der Waals surface area contributed by atoms with E-state index in [0.717, 1.165) is 56.6 Å². The predicted molar refractivity (Wildman–Crippen MR) is 99.8 cm³/mol. The van der Waals surface area contributed by atoms with E-state index >= 15 is 0 Å². The molecule has 0 aliphatic carbocycles. The minimum atomic E-state index is -0.496. The molecule has 2 aromatic rings. The fourth-order valence-electron chi connectivity index (χ4n) is 3.97. The summed E-state index contributed by atoms with van der Waals surface area (Å²) in [7, 11) is 0. The van der Waals surface area contributed by atoms with Crippen LogP contribution in [0.2, 0.25) is 0 Å². The summed E-state index contributed by atoms with van der Waals surface area (Å²) in [6.07, 6.45) is 1.74. The van der Waals surface area contributed by atoms with Crippen molar-refractivity contribution in [1.82, 2.24) is 20.1 Å². The molecule has 0 radical (unpaired) electrons. The van der Waals surface area contributed by atoms with Crippen molar-refractivity contribution in [2.24, 2.45) is 0 Å². The second-order valence-electron chi connectivity index (χ2n) is 6.94. The summed E-state index contributed by atoms with van der Waals surface area (Å²) in [4.78, 5) is 27.7. The zero-order chi connectivity index (χ0) is 18.1. The van der Waals surface area contributed by atoms with Crippen molar-refractivity contribution in [2.45, 2.75) is 19.4 Å². The Hall–Kier alpha value is -2.38. The van der Waals surface area contributed by atoms with Gasteiger partial charge >= 0.3 is 0 Å². The lowest BCUT2D eigenvalue weighted by Gasteiger charge is -2.27. The molecule has 3 N–H and O–H groups in total. The monoisotopic (exact) mass is 356 g/mol. The van der Waals surface area contributed by atoms with Crippen LogP contribution < -0.4 is 16.2 Å². The third-order valence-electron chi connectivity index (χ3n) is 5.32. The smallest absolute Gasteiger partial charge is 0.267 e. The molecule has 26 heavy (non-hydrogen) atoms. The molecule has 0 saturated carbocycles. The first kappa shape index (κ1) is 17.1. The Balaban J connectivity index is 1.60. The first-order valence-corrected chi connectivity index (χ1v) is 9.25. The van der Waals surface area contributed by atoms with Gasteiger partial charge in [-0.2, -0.15) is 0 Å². The highest BCUT2D eigenvalue weighted by atomic mass is 16.3. The Bertz CT molecular complexity index is 900. The van der Waals surface area contributed by atoms with Crippen LogP contribution in [0.3, 0.4) is 0 Å². The first-order valence-electron chi connectivity index (χ1n) is 9.25. The van der Waals surface area contributed by atoms with Crippen molar-refractivity contribution in [3.63, 3.8) is 0 Å². The number of benzene rings is 1. The zero-order valence-corrected chi connectivity index (χ0v) is 14.8. The summed E-state index contributed by atoms with van der Waals surface area (Å²) in [6, 6.07) is 5.61. The number of amides is 1. The molecule has 0 spiro atoms. The number of carbonyl (C=O) groups is 1. The highest BCUT2D eigenvalue weighted by molar-refractivity contribution is 6.02. The molecular weight excluding hydrogens is 332 g/mol. The van der Waals surface area contributed by atoms with Crippen molar-refractivity contribution < 1.29 is 9.90 Å². The Morgan fingerprint density at radius 1 is 1.23 bits per heavy atom. The summed E-state index contributed by atoms with van der Waals surface area (Å²) >= 11 is 0. The molecule has 7 heteroatoms. The Morgan fingerprint density at radius 3 is 2.85 bits per heavy atom. The van der Waals surface area contributed by atoms with E-state index in [0.29, 0.717) is 18.5 Å². The van der Waals surface area contributed by atoms with Gasteiger partial charge in [0.25, 0.3) is 11.5 Å². The van der Waals surface area contributed by atoms with E-state index < -0.39 is 11.5 Å². The second kappa shape index (κ2) is 7.09. The fraction of sp³-hybridized carbons (Fsp3) is 0.474. The highest BCUT2D eigenvalue weighted by Crippen LogP contribution is 2.31. The van der Waals surface area contributed by atoms with E-state index in [4.69, 9.17) is 0 Å². The first-order chi connectivity index (χ1) is 12.7. The minimum absolute atomic E-state index is 0.142. The standard InChI is InChI=1S/C19H24N4O3/c24-17-14-5-1-3-13-4-2-9-23(16(13)14)19(26)15(17)18(25)21-8-12-22-10-6-20-7-11-22/h1,3,5,20,24H,2,4,6-12H2,(H,21,25). The van der Waals surface area contributed by atoms with Gasteiger partial charge in [-0.05, 0) is 24.5 Å². The number of nitrogens with one attached hydrogen (secondary N) is 2. The average molecular weight is 356 g/mol. The van der Waals surface area contributed by atoms with Crippen molar-refractivity contribution in [3.8, 4) is 5.75 Å². The summed E-state index contributed by atoms with van der Waals surface area (Å²) < 4.78 is 1.64. The number of aryl methyl sites for hydroxylation is 2. The van der Waals surface area contributed by atoms with Gasteiger partial charge in [-0.15, -0.1) is 0 Å². The van der Waals surface area contributed by atoms with E-state index in [1.54, 1.807) is 10.6 Å². The van der Waals surface area contributed by atoms with Crippen molar-refractivity contribution >= 4 is 16.8 Å². The third kappa shape index (κ3) is 2.97. The number of piperazine rings is 1. The zero-order valence-electron chi connectivity index (χ0n) is 14.8. The number of pyridine rings is 1. The van der Waals surface area contributed by atoms with Crippen LogP contribution in [0.1, 0.15) is 22.3 Å². The molecule has 4 rings (SSSR count). The molecule has 3 heterocycles. The van der Waals surface area contributed by atoms with Gasteiger partial charge in [0, 0.05) is 51.2 Å². The second-order valence-corrected chi connectivity index (χ2v) is 6.94. The molecule has 2 aliphatic heterocycles. The number of hydrogen-bond acceptors (Lipinski definition) is 5. The van der Waals surface area contributed by atoms with E-state index in [-0.39, 0.29) is 11.3 Å². The number of aromatic hydroxyl groups is 1. The van der Waals surface area contributed by atoms with Crippen molar-refractivity contribution in [2.75, 3.05) is 39.3 Å². The predicted octanol–water partition coefficient (Wildman–Crippen LogP) is 0.288. The van der Waals surface area contributed by atoms with Gasteiger partial charge in [0.2, 0.25) is 0 Å². The van der Waals surface area contributed by atoms with Crippen molar-refractivity contribution in [3.05, 3.63) is 39.7 Å². The Labute approximate surface area is 151 Å². The summed E-state index contributed by atoms with van der Waals surface area (Å²) in [5, 5.41) is 17.3. The van der Waals surface area contributed by atoms with Gasteiger partial charge in [-0.3, -0.25) is 14.5 Å². The summed E-state index contributed by atoms with van der Waals surface area (Å²) in [6.45, 7) is 5.57. The van der Waals surface area contributed by atoms with Crippen LogP contribution in [0, 0.1) is 0 Å². The quantitative estimate of drug-likeness (QED) is 0.733. The van der Waals surface area contributed by atoms with Gasteiger partial charge < -0.3 is 20.3 Å². The van der Waals surface area contributed by atoms with E-state index in [1.165, 1.54) is 0 Å². The largest absolute Gasteiger partial charge is 0.506 e. The maximum atomic E-state index is 12.9. The van der Waals surface area contributed by atoms with Crippen LogP contribution in [0.15, 0.2) is 23.0 Å². The van der Waals surface area contributed by atoms with Crippen molar-refractivity contribution in [1.29, 1.82) is 0 Å². The molecule has 7 nitrogen and oxygen atoms in total. The lowest BCUT2D eigenvalue weighted by molar-refractivity contribution is 0.0942. The maximum Gasteiger partial charge on any atom is 0.267 e. The minimum Gasteiger partial charge on any atom is -0.506 e. The number of rotatable bonds is 4. The number of nitrogens with zero attached hydrogens (tertiary/aromatic N) is 2. The molecule has 1 saturated heterocycles. The van der Waals surface area contributed by atoms with E-state index in [9.17, 15) is 14.7 Å². The Morgan fingerprint density at radius 2 is 2.04 bits per heavy atom. The van der Waals surface area contributed by atoms with Crippen LogP contribution in [0.25, 0.3) is 10.9 Å². The highest BCUT2D eigenvalue weighted by Gasteiger charge is 2.25. The lowest BCUT2D eigenvalue weighted by Crippen LogP contribution is -2.46. The molecular formula is C19H24N4O3. The normalized spacial score (nSPS) is 17.4. The van der Waals surface area contributed by atoms with Gasteiger partial charge in [0.15, 0.2) is 0 Å². The molecule has 0 bridgehead atoms. The third-order valence-corrected chi connectivity index (χ3v) is 5.32. The van der Waals surface area contributed by atoms with Crippen LogP contribution in [-0.4, -0.2) is 59.7 Å². The maximum absolute atomic E-state index is 12.9. The summed E-state index contributed by atoms with van der Waals surface area (Å²) in [5.74, 6) is -0.700. The molecule has 138 valence electrons. The van der Waals surface area contributed by atoms with Crippen LogP contribution >= 0.6 is 0 Å². The average Bonchev–Trinajstić information content (AvgIpc) is 2.67. The number of aromatic nitrogens is 1. The Kier molecular flexibility index (Phi) is 4.65. The molecule has 0 atom stereocenters. The number of para-hydroxylation sites is 1. The molecule has 1 aromatic carbocycles. The molecule has 1 aromatic heterocycles. The van der Waals surface area contributed by atoms with Crippen LogP contribution in [0.4, 0.5) is 0 Å². The van der Waals surface area contributed by atoms with Gasteiger partial charge in [-0.1, -0.05) is 12.1 Å². The van der Waals surface area contributed by atoms with Crippen LogP contribution in [0.5, 0.6) is 5.75 Å². The SMILES string of the molecule is O=C(NCCN1CCNCC1)c1c(O)c2cccc3c2n(c1=O)CCC3. The van der Waals surface area contributed by atoms with E-state index in [2.05, 4.69) is 15.5 Å². The van der Waals surface area contributed by atoms with Crippen LogP contribution in [-0.2, 0) is 13.0 Å². The lowest BCUT2D eigenvalue weighted by atomic mass is 9.99. The number of carbonyl (C=O) groups excluding carboxylic acids is 1. The molecule has 1 fully saturated rings. The van der Waals surface area contributed by atoms with Gasteiger partial charge in [0.1, 0.15) is 11.3 Å².